The van der Waals surface area contributed by atoms with Crippen molar-refractivity contribution >= 4 is 5.69 Å². The largest absolute Gasteiger partial charge is 0.396 e. The van der Waals surface area contributed by atoms with Crippen molar-refractivity contribution in [3.8, 4) is 0 Å². The van der Waals surface area contributed by atoms with E-state index in [4.69, 9.17) is 5.73 Å². The zero-order valence-electron chi connectivity index (χ0n) is 8.47. The Kier molecular flexibility index (Phi) is 2.83. The first-order valence-corrected chi connectivity index (χ1v) is 4.81. The third-order valence-corrected chi connectivity index (χ3v) is 2.36. The Morgan fingerprint density at radius 1 is 1.12 bits per heavy atom. The molecule has 82 valence electrons. The van der Waals surface area contributed by atoms with Gasteiger partial charge in [0.1, 0.15) is 11.9 Å². The third kappa shape index (κ3) is 2.01. The van der Waals surface area contributed by atoms with E-state index in [-0.39, 0.29) is 5.69 Å². The number of rotatable bonds is 2. The lowest BCUT2D eigenvalue weighted by molar-refractivity contribution is 0.220. The number of hydrogen-bond donors (Lipinski definition) is 2. The maximum absolute atomic E-state index is 12.9. The number of hydrogen-bond acceptors (Lipinski definition) is 3. The average molecular weight is 218 g/mol. The topological polar surface area (TPSA) is 59.1 Å². The van der Waals surface area contributed by atoms with Crippen LogP contribution in [0.15, 0.2) is 42.7 Å². The molecule has 0 aliphatic carbocycles. The van der Waals surface area contributed by atoms with Gasteiger partial charge in [-0.15, -0.1) is 0 Å². The van der Waals surface area contributed by atoms with E-state index in [0.29, 0.717) is 11.1 Å². The zero-order chi connectivity index (χ0) is 11.5. The van der Waals surface area contributed by atoms with E-state index in [1.54, 1.807) is 24.5 Å². The minimum Gasteiger partial charge on any atom is -0.396 e. The lowest BCUT2D eigenvalue weighted by Crippen LogP contribution is -2.01. The number of pyridine rings is 1. The monoisotopic (exact) mass is 218 g/mol. The Balaban J connectivity index is 2.34. The van der Waals surface area contributed by atoms with Crippen LogP contribution >= 0.6 is 0 Å². The number of anilines is 1. The molecule has 0 saturated carbocycles. The van der Waals surface area contributed by atoms with Crippen LogP contribution in [0, 0.1) is 5.82 Å². The fourth-order valence-electron chi connectivity index (χ4n) is 1.47. The van der Waals surface area contributed by atoms with Crippen LogP contribution in [0.1, 0.15) is 17.2 Å². The highest BCUT2D eigenvalue weighted by atomic mass is 19.1. The third-order valence-electron chi connectivity index (χ3n) is 2.36. The number of benzene rings is 1. The van der Waals surface area contributed by atoms with Gasteiger partial charge >= 0.3 is 0 Å². The number of nitrogen functional groups attached to an aromatic ring is 1. The summed E-state index contributed by atoms with van der Waals surface area (Å²) in [6.07, 6.45) is 2.36. The summed E-state index contributed by atoms with van der Waals surface area (Å²) in [7, 11) is 0. The van der Waals surface area contributed by atoms with Crippen LogP contribution in [-0.2, 0) is 0 Å². The zero-order valence-corrected chi connectivity index (χ0v) is 8.47. The predicted octanol–water partition coefficient (Wildman–Crippen LogP) is 1.88. The maximum atomic E-state index is 12.9. The molecule has 2 rings (SSSR count). The van der Waals surface area contributed by atoms with Gasteiger partial charge in [-0.2, -0.15) is 0 Å². The lowest BCUT2D eigenvalue weighted by Gasteiger charge is -2.11. The number of nitrogens with zero attached hydrogens (tertiary/aromatic N) is 1. The van der Waals surface area contributed by atoms with Crippen molar-refractivity contribution in [3.05, 3.63) is 59.7 Å². The molecule has 0 fully saturated rings. The van der Waals surface area contributed by atoms with Gasteiger partial charge in [-0.1, -0.05) is 6.07 Å². The highest BCUT2D eigenvalue weighted by Crippen LogP contribution is 2.23. The Morgan fingerprint density at radius 3 is 2.44 bits per heavy atom. The smallest absolute Gasteiger partial charge is 0.146 e. The van der Waals surface area contributed by atoms with Crippen LogP contribution in [0.5, 0.6) is 0 Å². The molecule has 1 unspecified atom stereocenters. The number of aliphatic hydroxyl groups is 1. The predicted molar refractivity (Wildman–Crippen MR) is 59.1 cm³/mol. The van der Waals surface area contributed by atoms with E-state index in [2.05, 4.69) is 4.98 Å². The van der Waals surface area contributed by atoms with E-state index < -0.39 is 11.9 Å². The molecule has 0 radical (unpaired) electrons. The number of aliphatic hydroxyl groups excluding tert-OH is 1. The van der Waals surface area contributed by atoms with Gasteiger partial charge in [0.2, 0.25) is 0 Å². The molecule has 3 nitrogen and oxygen atoms in total. The quantitative estimate of drug-likeness (QED) is 0.757. The van der Waals surface area contributed by atoms with Crippen LogP contribution in [0.2, 0.25) is 0 Å². The molecule has 2 aromatic rings. The van der Waals surface area contributed by atoms with Crippen molar-refractivity contribution in [3.63, 3.8) is 0 Å². The van der Waals surface area contributed by atoms with Crippen molar-refractivity contribution in [1.82, 2.24) is 4.98 Å². The van der Waals surface area contributed by atoms with Gasteiger partial charge in [0.25, 0.3) is 0 Å². The molecule has 4 heteroatoms. The van der Waals surface area contributed by atoms with Crippen molar-refractivity contribution < 1.29 is 9.50 Å². The first kappa shape index (κ1) is 10.6. The Morgan fingerprint density at radius 2 is 1.81 bits per heavy atom. The van der Waals surface area contributed by atoms with E-state index in [9.17, 15) is 9.50 Å². The molecular formula is C12H11FN2O. The molecule has 0 aliphatic heterocycles. The summed E-state index contributed by atoms with van der Waals surface area (Å²) in [5.74, 6) is -0.481. The van der Waals surface area contributed by atoms with Gasteiger partial charge in [0, 0.05) is 12.4 Å². The van der Waals surface area contributed by atoms with Crippen LogP contribution in [0.3, 0.4) is 0 Å². The second-order valence-electron chi connectivity index (χ2n) is 3.46. The van der Waals surface area contributed by atoms with Crippen molar-refractivity contribution in [2.75, 3.05) is 5.73 Å². The first-order chi connectivity index (χ1) is 7.68. The summed E-state index contributed by atoms with van der Waals surface area (Å²) in [4.78, 5) is 3.86. The number of aromatic nitrogens is 1. The number of nitrogens with two attached hydrogens (primary N) is 1. The second kappa shape index (κ2) is 4.28. The second-order valence-corrected chi connectivity index (χ2v) is 3.46. The van der Waals surface area contributed by atoms with Crippen molar-refractivity contribution in [1.29, 1.82) is 0 Å². The molecule has 1 aromatic heterocycles. The van der Waals surface area contributed by atoms with Crippen LogP contribution in [-0.4, -0.2) is 10.1 Å². The van der Waals surface area contributed by atoms with E-state index in [1.807, 2.05) is 0 Å². The summed E-state index contributed by atoms with van der Waals surface area (Å²) >= 11 is 0. The van der Waals surface area contributed by atoms with Crippen LogP contribution in [0.4, 0.5) is 10.1 Å². The SMILES string of the molecule is Nc1cc(C(O)c2ccncc2)ccc1F. The molecule has 1 atom stereocenters. The first-order valence-electron chi connectivity index (χ1n) is 4.81. The summed E-state index contributed by atoms with van der Waals surface area (Å²) < 4.78 is 12.9. The summed E-state index contributed by atoms with van der Waals surface area (Å²) in [6.45, 7) is 0. The summed E-state index contributed by atoms with van der Waals surface area (Å²) in [6, 6.07) is 7.58. The molecule has 3 N–H and O–H groups in total. The Bertz CT molecular complexity index is 488. The fourth-order valence-corrected chi connectivity index (χ4v) is 1.47. The molecule has 1 aromatic carbocycles. The standard InChI is InChI=1S/C12H11FN2O/c13-10-2-1-9(7-11(10)14)12(16)8-3-5-15-6-4-8/h1-7,12,16H,14H2. The molecular weight excluding hydrogens is 207 g/mol. The highest BCUT2D eigenvalue weighted by molar-refractivity contribution is 5.44. The van der Waals surface area contributed by atoms with Crippen molar-refractivity contribution in [2.45, 2.75) is 6.10 Å². The molecule has 0 saturated heterocycles. The van der Waals surface area contributed by atoms with Crippen LogP contribution in [0.25, 0.3) is 0 Å². The normalized spacial score (nSPS) is 12.4. The van der Waals surface area contributed by atoms with Gasteiger partial charge in [-0.25, -0.2) is 4.39 Å². The molecule has 0 amide bonds. The van der Waals surface area contributed by atoms with E-state index in [1.165, 1.54) is 18.2 Å². The van der Waals surface area contributed by atoms with Gasteiger partial charge in [-0.05, 0) is 35.4 Å². The highest BCUT2D eigenvalue weighted by Gasteiger charge is 2.11. The minimum atomic E-state index is -0.814. The Labute approximate surface area is 92.4 Å². The van der Waals surface area contributed by atoms with Crippen molar-refractivity contribution in [2.24, 2.45) is 0 Å². The van der Waals surface area contributed by atoms with Gasteiger partial charge in [0.15, 0.2) is 0 Å². The van der Waals surface area contributed by atoms with E-state index in [0.717, 1.165) is 0 Å². The number of halogens is 1. The fraction of sp³-hybridized carbons (Fsp3) is 0.0833. The Hall–Kier alpha value is -1.94. The van der Waals surface area contributed by atoms with E-state index >= 15 is 0 Å². The molecule has 1 heterocycles. The summed E-state index contributed by atoms with van der Waals surface area (Å²) in [5, 5.41) is 10.0. The molecule has 0 spiro atoms. The molecule has 0 bridgehead atoms. The molecule has 0 aliphatic rings. The lowest BCUT2D eigenvalue weighted by atomic mass is 10.0. The maximum Gasteiger partial charge on any atom is 0.146 e. The minimum absolute atomic E-state index is 0.0330. The molecule has 16 heavy (non-hydrogen) atoms. The summed E-state index contributed by atoms with van der Waals surface area (Å²) in [5.41, 5.74) is 6.73. The van der Waals surface area contributed by atoms with Gasteiger partial charge in [0.05, 0.1) is 5.69 Å². The van der Waals surface area contributed by atoms with Crippen LogP contribution < -0.4 is 5.73 Å². The van der Waals surface area contributed by atoms with Gasteiger partial charge in [-0.3, -0.25) is 4.98 Å². The van der Waals surface area contributed by atoms with Gasteiger partial charge < -0.3 is 10.8 Å². The average Bonchev–Trinajstić information content (AvgIpc) is 2.33.